The Morgan fingerprint density at radius 2 is 2.12 bits per heavy atom. The molecule has 0 bridgehead atoms. The molecule has 1 unspecified atom stereocenters. The summed E-state index contributed by atoms with van der Waals surface area (Å²) in [5.41, 5.74) is 1.45. The number of nitro groups is 1. The monoisotopic (exact) mass is 396 g/mol. The summed E-state index contributed by atoms with van der Waals surface area (Å²) in [5, 5.41) is 18.1. The minimum Gasteiger partial charge on any atom is -0.496 e. The molecule has 8 nitrogen and oxygen atoms in total. The van der Waals surface area contributed by atoms with Gasteiger partial charge in [-0.3, -0.25) is 19.6 Å². The van der Waals surface area contributed by atoms with Gasteiger partial charge in [-0.15, -0.1) is 0 Å². The molecule has 0 radical (unpaired) electrons. The summed E-state index contributed by atoms with van der Waals surface area (Å²) in [4.78, 5) is 23.1. The van der Waals surface area contributed by atoms with Crippen LogP contribution >= 0.6 is 15.9 Å². The molecule has 0 spiro atoms. The predicted molar refractivity (Wildman–Crippen MR) is 92.4 cm³/mol. The number of aromatic nitrogens is 2. The Labute approximate surface area is 147 Å². The summed E-state index contributed by atoms with van der Waals surface area (Å²) >= 11 is 3.41. The largest absolute Gasteiger partial charge is 0.496 e. The third-order valence-electron chi connectivity index (χ3n) is 3.64. The zero-order valence-corrected chi connectivity index (χ0v) is 15.2. The molecule has 1 aromatic carbocycles. The first-order valence-corrected chi connectivity index (χ1v) is 7.90. The van der Waals surface area contributed by atoms with Crippen molar-refractivity contribution in [1.29, 1.82) is 0 Å². The lowest BCUT2D eigenvalue weighted by Gasteiger charge is -2.15. The molecule has 0 saturated carbocycles. The second kappa shape index (κ2) is 7.00. The highest BCUT2D eigenvalue weighted by Crippen LogP contribution is 2.30. The summed E-state index contributed by atoms with van der Waals surface area (Å²) in [5.74, 6) is -0.0587. The van der Waals surface area contributed by atoms with E-state index < -0.39 is 16.9 Å². The maximum absolute atomic E-state index is 12.5. The lowest BCUT2D eigenvalue weighted by molar-refractivity contribution is -0.384. The van der Waals surface area contributed by atoms with Gasteiger partial charge >= 0.3 is 0 Å². The number of hydrogen-bond acceptors (Lipinski definition) is 5. The molecule has 0 saturated heterocycles. The fourth-order valence-electron chi connectivity index (χ4n) is 2.26. The number of aryl methyl sites for hydroxylation is 1. The Hall–Kier alpha value is -2.42. The van der Waals surface area contributed by atoms with Crippen LogP contribution in [0.1, 0.15) is 24.4 Å². The zero-order chi connectivity index (χ0) is 18.0. The molecule has 24 heavy (non-hydrogen) atoms. The van der Waals surface area contributed by atoms with Gasteiger partial charge in [0.1, 0.15) is 17.5 Å². The smallest absolute Gasteiger partial charge is 0.296 e. The average molecular weight is 397 g/mol. The molecule has 9 heteroatoms. The summed E-state index contributed by atoms with van der Waals surface area (Å²) in [6.45, 7) is 5.34. The van der Waals surface area contributed by atoms with Crippen molar-refractivity contribution in [2.75, 3.05) is 12.4 Å². The van der Waals surface area contributed by atoms with E-state index in [0.717, 1.165) is 15.9 Å². The Morgan fingerprint density at radius 1 is 1.46 bits per heavy atom. The third kappa shape index (κ3) is 3.40. The number of benzene rings is 1. The van der Waals surface area contributed by atoms with E-state index in [1.165, 1.54) is 19.2 Å². The third-order valence-corrected chi connectivity index (χ3v) is 4.79. The maximum atomic E-state index is 12.5. The van der Waals surface area contributed by atoms with Crippen LogP contribution in [0.5, 0.6) is 5.75 Å². The molecule has 1 atom stereocenters. The van der Waals surface area contributed by atoms with Gasteiger partial charge in [-0.1, -0.05) is 0 Å². The normalized spacial score (nSPS) is 11.9. The van der Waals surface area contributed by atoms with Gasteiger partial charge in [0, 0.05) is 0 Å². The van der Waals surface area contributed by atoms with Crippen LogP contribution in [0.3, 0.4) is 0 Å². The number of carbonyl (C=O) groups is 1. The van der Waals surface area contributed by atoms with Gasteiger partial charge < -0.3 is 10.1 Å². The molecule has 0 aliphatic carbocycles. The summed E-state index contributed by atoms with van der Waals surface area (Å²) in [6.07, 6.45) is 0. The Balaban J connectivity index is 2.29. The van der Waals surface area contributed by atoms with Crippen molar-refractivity contribution < 1.29 is 14.5 Å². The van der Waals surface area contributed by atoms with E-state index in [2.05, 4.69) is 26.3 Å². The van der Waals surface area contributed by atoms with Crippen LogP contribution in [0.4, 0.5) is 11.4 Å². The van der Waals surface area contributed by atoms with Crippen LogP contribution in [-0.2, 0) is 4.79 Å². The minimum absolute atomic E-state index is 0.109. The van der Waals surface area contributed by atoms with E-state index in [4.69, 9.17) is 4.74 Å². The van der Waals surface area contributed by atoms with E-state index in [1.807, 2.05) is 13.8 Å². The van der Waals surface area contributed by atoms with Crippen LogP contribution in [0.2, 0.25) is 0 Å². The number of halogens is 1. The molecular formula is C15H17BrN4O4. The number of hydrogen-bond donors (Lipinski definition) is 1. The molecule has 0 fully saturated rings. The van der Waals surface area contributed by atoms with Gasteiger partial charge in [-0.05, 0) is 48.8 Å². The summed E-state index contributed by atoms with van der Waals surface area (Å²) in [7, 11) is 1.42. The predicted octanol–water partition coefficient (Wildman–Crippen LogP) is 3.38. The fourth-order valence-corrected chi connectivity index (χ4v) is 2.52. The van der Waals surface area contributed by atoms with E-state index >= 15 is 0 Å². The van der Waals surface area contributed by atoms with Gasteiger partial charge in [-0.25, -0.2) is 0 Å². The number of methoxy groups -OCH3 is 1. The van der Waals surface area contributed by atoms with Crippen molar-refractivity contribution in [3.05, 3.63) is 44.2 Å². The van der Waals surface area contributed by atoms with Gasteiger partial charge in [0.25, 0.3) is 5.69 Å². The standard InChI is InChI=1S/C15H17BrN4O4/c1-8-14(16)9(2)19(18-8)10(3)15(21)17-12-6-5-11(24-4)7-13(12)20(22)23/h5-7,10H,1-4H3,(H,17,21). The summed E-state index contributed by atoms with van der Waals surface area (Å²) < 4.78 is 7.38. The van der Waals surface area contributed by atoms with E-state index in [-0.39, 0.29) is 11.4 Å². The van der Waals surface area contributed by atoms with E-state index in [1.54, 1.807) is 17.7 Å². The van der Waals surface area contributed by atoms with Crippen molar-refractivity contribution in [2.24, 2.45) is 0 Å². The highest BCUT2D eigenvalue weighted by molar-refractivity contribution is 9.10. The van der Waals surface area contributed by atoms with Crippen molar-refractivity contribution in [3.8, 4) is 5.75 Å². The number of amides is 1. The molecule has 2 rings (SSSR count). The SMILES string of the molecule is COc1ccc(NC(=O)C(C)n2nc(C)c(Br)c2C)c([N+](=O)[O-])c1. The Morgan fingerprint density at radius 3 is 2.62 bits per heavy atom. The van der Waals surface area contributed by atoms with Crippen LogP contribution in [0.25, 0.3) is 0 Å². The molecule has 128 valence electrons. The van der Waals surface area contributed by atoms with Crippen LogP contribution in [0.15, 0.2) is 22.7 Å². The molecule has 1 heterocycles. The molecular weight excluding hydrogens is 380 g/mol. The lowest BCUT2D eigenvalue weighted by Crippen LogP contribution is -2.25. The first kappa shape index (κ1) is 17.9. The Bertz CT molecular complexity index is 803. The van der Waals surface area contributed by atoms with E-state index in [9.17, 15) is 14.9 Å². The van der Waals surface area contributed by atoms with Crippen molar-refractivity contribution in [1.82, 2.24) is 9.78 Å². The van der Waals surface area contributed by atoms with Gasteiger partial charge in [0.15, 0.2) is 0 Å². The van der Waals surface area contributed by atoms with E-state index in [0.29, 0.717) is 5.75 Å². The van der Waals surface area contributed by atoms with Crippen molar-refractivity contribution >= 4 is 33.2 Å². The first-order chi connectivity index (χ1) is 11.3. The summed E-state index contributed by atoms with van der Waals surface area (Å²) in [6, 6.07) is 3.63. The number of nitro benzene ring substituents is 1. The highest BCUT2D eigenvalue weighted by atomic mass is 79.9. The van der Waals surface area contributed by atoms with Crippen LogP contribution < -0.4 is 10.1 Å². The topological polar surface area (TPSA) is 99.3 Å². The van der Waals surface area contributed by atoms with Gasteiger partial charge in [0.05, 0.1) is 34.0 Å². The fraction of sp³-hybridized carbons (Fsp3) is 0.333. The minimum atomic E-state index is -0.628. The number of ether oxygens (including phenoxy) is 1. The molecule has 2 aromatic rings. The highest BCUT2D eigenvalue weighted by Gasteiger charge is 2.23. The second-order valence-corrected chi connectivity index (χ2v) is 6.03. The number of carbonyl (C=O) groups excluding carboxylic acids is 1. The molecule has 0 aliphatic rings. The zero-order valence-electron chi connectivity index (χ0n) is 13.7. The number of anilines is 1. The number of rotatable bonds is 5. The van der Waals surface area contributed by atoms with Gasteiger partial charge in [0.2, 0.25) is 5.91 Å². The molecule has 1 N–H and O–H groups in total. The van der Waals surface area contributed by atoms with Crippen LogP contribution in [0, 0.1) is 24.0 Å². The Kier molecular flexibility index (Phi) is 5.23. The van der Waals surface area contributed by atoms with Crippen molar-refractivity contribution in [3.63, 3.8) is 0 Å². The lowest BCUT2D eigenvalue weighted by atomic mass is 10.2. The quantitative estimate of drug-likeness (QED) is 0.616. The van der Waals surface area contributed by atoms with Gasteiger partial charge in [-0.2, -0.15) is 5.10 Å². The average Bonchev–Trinajstić information content (AvgIpc) is 2.81. The second-order valence-electron chi connectivity index (χ2n) is 5.23. The number of nitrogens with zero attached hydrogens (tertiary/aromatic N) is 3. The molecule has 0 aliphatic heterocycles. The molecule has 1 amide bonds. The molecule has 1 aromatic heterocycles. The van der Waals surface area contributed by atoms with Crippen molar-refractivity contribution in [2.45, 2.75) is 26.8 Å². The first-order valence-electron chi connectivity index (χ1n) is 7.10. The van der Waals surface area contributed by atoms with Crippen LogP contribution in [-0.4, -0.2) is 27.7 Å². The maximum Gasteiger partial charge on any atom is 0.296 e. The number of nitrogens with one attached hydrogen (secondary N) is 1.